The van der Waals surface area contributed by atoms with E-state index in [-0.39, 0.29) is 0 Å². The standard InChI is InChI=1S/C11H24N2O/c1-14-10-4-8-13(9-7-12)11-5-2-3-6-11/h11H,2-10,12H2,1H3. The molecule has 0 amide bonds. The van der Waals surface area contributed by atoms with Crippen LogP contribution in [0.4, 0.5) is 0 Å². The highest BCUT2D eigenvalue weighted by atomic mass is 16.5. The van der Waals surface area contributed by atoms with Crippen molar-refractivity contribution in [2.45, 2.75) is 38.1 Å². The fourth-order valence-electron chi connectivity index (χ4n) is 2.32. The minimum Gasteiger partial charge on any atom is -0.385 e. The molecule has 0 spiro atoms. The average Bonchev–Trinajstić information content (AvgIpc) is 2.70. The maximum atomic E-state index is 5.63. The van der Waals surface area contributed by atoms with Gasteiger partial charge in [0.05, 0.1) is 0 Å². The van der Waals surface area contributed by atoms with E-state index in [4.69, 9.17) is 10.5 Å². The van der Waals surface area contributed by atoms with Gasteiger partial charge in [-0.15, -0.1) is 0 Å². The van der Waals surface area contributed by atoms with Gasteiger partial charge in [-0.3, -0.25) is 4.90 Å². The first-order valence-corrected chi connectivity index (χ1v) is 5.81. The van der Waals surface area contributed by atoms with E-state index in [1.165, 1.54) is 25.7 Å². The fourth-order valence-corrected chi connectivity index (χ4v) is 2.32. The van der Waals surface area contributed by atoms with E-state index in [0.29, 0.717) is 0 Å². The third-order valence-electron chi connectivity index (χ3n) is 3.05. The molecule has 0 aliphatic heterocycles. The molecule has 0 radical (unpaired) electrons. The van der Waals surface area contributed by atoms with Crippen LogP contribution in [0, 0.1) is 0 Å². The Hall–Kier alpha value is -0.120. The Bertz CT molecular complexity index is 135. The van der Waals surface area contributed by atoms with E-state index < -0.39 is 0 Å². The lowest BCUT2D eigenvalue weighted by Gasteiger charge is -2.28. The van der Waals surface area contributed by atoms with Crippen molar-refractivity contribution in [1.29, 1.82) is 0 Å². The third kappa shape index (κ3) is 3.95. The van der Waals surface area contributed by atoms with Gasteiger partial charge in [0.15, 0.2) is 0 Å². The molecule has 0 heterocycles. The Labute approximate surface area is 87.6 Å². The second-order valence-electron chi connectivity index (χ2n) is 4.11. The highest BCUT2D eigenvalue weighted by molar-refractivity contribution is 4.77. The first kappa shape index (κ1) is 12.0. The molecule has 1 fully saturated rings. The molecule has 3 nitrogen and oxygen atoms in total. The van der Waals surface area contributed by atoms with Gasteiger partial charge in [0, 0.05) is 39.4 Å². The summed E-state index contributed by atoms with van der Waals surface area (Å²) in [5.41, 5.74) is 5.63. The average molecular weight is 200 g/mol. The number of hydrogen-bond donors (Lipinski definition) is 1. The molecule has 3 heteroatoms. The summed E-state index contributed by atoms with van der Waals surface area (Å²) in [6, 6.07) is 0.801. The number of nitrogens with two attached hydrogens (primary N) is 1. The summed E-state index contributed by atoms with van der Waals surface area (Å²) in [7, 11) is 1.77. The van der Waals surface area contributed by atoms with Gasteiger partial charge < -0.3 is 10.5 Å². The van der Waals surface area contributed by atoms with E-state index in [1.54, 1.807) is 7.11 Å². The van der Waals surface area contributed by atoms with Crippen LogP contribution in [-0.4, -0.2) is 44.3 Å². The van der Waals surface area contributed by atoms with Gasteiger partial charge in [0.2, 0.25) is 0 Å². The van der Waals surface area contributed by atoms with Gasteiger partial charge in [0.25, 0.3) is 0 Å². The topological polar surface area (TPSA) is 38.5 Å². The Balaban J connectivity index is 2.22. The lowest BCUT2D eigenvalue weighted by molar-refractivity contribution is 0.151. The molecule has 1 aliphatic carbocycles. The summed E-state index contributed by atoms with van der Waals surface area (Å²) < 4.78 is 5.08. The van der Waals surface area contributed by atoms with Crippen molar-refractivity contribution < 1.29 is 4.74 Å². The molecule has 0 saturated heterocycles. The molecule has 1 rings (SSSR count). The van der Waals surface area contributed by atoms with Crippen molar-refractivity contribution in [3.63, 3.8) is 0 Å². The lowest BCUT2D eigenvalue weighted by atomic mass is 10.2. The highest BCUT2D eigenvalue weighted by Crippen LogP contribution is 2.23. The molecule has 0 aromatic carbocycles. The molecule has 0 bridgehead atoms. The molecule has 0 aromatic heterocycles. The summed E-state index contributed by atoms with van der Waals surface area (Å²) >= 11 is 0. The predicted octanol–water partition coefficient (Wildman–Crippen LogP) is 1.23. The van der Waals surface area contributed by atoms with E-state index in [1.807, 2.05) is 0 Å². The molecule has 0 atom stereocenters. The maximum absolute atomic E-state index is 5.63. The summed E-state index contributed by atoms with van der Waals surface area (Å²) in [6.07, 6.45) is 6.67. The number of methoxy groups -OCH3 is 1. The number of ether oxygens (including phenoxy) is 1. The van der Waals surface area contributed by atoms with Gasteiger partial charge in [0.1, 0.15) is 0 Å². The molecule has 0 aromatic rings. The van der Waals surface area contributed by atoms with Crippen molar-refractivity contribution in [3.05, 3.63) is 0 Å². The van der Waals surface area contributed by atoms with Crippen LogP contribution in [0.2, 0.25) is 0 Å². The quantitative estimate of drug-likeness (QED) is 0.628. The lowest BCUT2D eigenvalue weighted by Crippen LogP contribution is -2.38. The zero-order chi connectivity index (χ0) is 10.2. The minimum absolute atomic E-state index is 0.781. The second-order valence-corrected chi connectivity index (χ2v) is 4.11. The Morgan fingerprint density at radius 2 is 2.00 bits per heavy atom. The zero-order valence-corrected chi connectivity index (χ0v) is 9.37. The first-order valence-electron chi connectivity index (χ1n) is 5.81. The number of hydrogen-bond acceptors (Lipinski definition) is 3. The van der Waals surface area contributed by atoms with E-state index in [9.17, 15) is 0 Å². The maximum Gasteiger partial charge on any atom is 0.0474 e. The van der Waals surface area contributed by atoms with Crippen molar-refractivity contribution in [3.8, 4) is 0 Å². The smallest absolute Gasteiger partial charge is 0.0474 e. The van der Waals surface area contributed by atoms with Crippen LogP contribution >= 0.6 is 0 Å². The van der Waals surface area contributed by atoms with E-state index in [2.05, 4.69) is 4.90 Å². The van der Waals surface area contributed by atoms with Gasteiger partial charge in [-0.25, -0.2) is 0 Å². The summed E-state index contributed by atoms with van der Waals surface area (Å²) in [4.78, 5) is 2.55. The summed E-state index contributed by atoms with van der Waals surface area (Å²) in [5.74, 6) is 0. The monoisotopic (exact) mass is 200 g/mol. The highest BCUT2D eigenvalue weighted by Gasteiger charge is 2.21. The Morgan fingerprint density at radius 1 is 1.29 bits per heavy atom. The SMILES string of the molecule is COCCCN(CCN)C1CCCC1. The number of rotatable bonds is 7. The predicted molar refractivity (Wildman–Crippen MR) is 59.4 cm³/mol. The molecule has 1 aliphatic rings. The zero-order valence-electron chi connectivity index (χ0n) is 9.37. The third-order valence-corrected chi connectivity index (χ3v) is 3.05. The van der Waals surface area contributed by atoms with Crippen LogP contribution in [-0.2, 0) is 4.74 Å². The normalized spacial score (nSPS) is 18.2. The molecule has 0 unspecified atom stereocenters. The molecular formula is C11H24N2O. The van der Waals surface area contributed by atoms with Crippen LogP contribution in [0.15, 0.2) is 0 Å². The molecule has 14 heavy (non-hydrogen) atoms. The van der Waals surface area contributed by atoms with Crippen LogP contribution in [0.1, 0.15) is 32.1 Å². The van der Waals surface area contributed by atoms with Crippen molar-refractivity contribution in [2.24, 2.45) is 5.73 Å². The van der Waals surface area contributed by atoms with Crippen molar-refractivity contribution in [2.75, 3.05) is 33.4 Å². The van der Waals surface area contributed by atoms with Crippen LogP contribution in [0.5, 0.6) is 0 Å². The van der Waals surface area contributed by atoms with Gasteiger partial charge in [-0.2, -0.15) is 0 Å². The molecule has 84 valence electrons. The van der Waals surface area contributed by atoms with Gasteiger partial charge in [-0.1, -0.05) is 12.8 Å². The Morgan fingerprint density at radius 3 is 2.57 bits per heavy atom. The second kappa shape index (κ2) is 7.21. The first-order chi connectivity index (χ1) is 6.88. The van der Waals surface area contributed by atoms with Crippen molar-refractivity contribution in [1.82, 2.24) is 4.90 Å². The summed E-state index contributed by atoms with van der Waals surface area (Å²) in [6.45, 7) is 3.85. The Kier molecular flexibility index (Phi) is 6.15. The molecular weight excluding hydrogens is 176 g/mol. The van der Waals surface area contributed by atoms with Crippen LogP contribution < -0.4 is 5.73 Å². The molecule has 1 saturated carbocycles. The van der Waals surface area contributed by atoms with Gasteiger partial charge >= 0.3 is 0 Å². The molecule has 2 N–H and O–H groups in total. The number of nitrogens with zero attached hydrogens (tertiary/aromatic N) is 1. The van der Waals surface area contributed by atoms with E-state index >= 15 is 0 Å². The van der Waals surface area contributed by atoms with Gasteiger partial charge in [-0.05, 0) is 19.3 Å². The fraction of sp³-hybridized carbons (Fsp3) is 1.00. The summed E-state index contributed by atoms with van der Waals surface area (Å²) in [5, 5.41) is 0. The minimum atomic E-state index is 0.781. The van der Waals surface area contributed by atoms with Crippen molar-refractivity contribution >= 4 is 0 Å². The van der Waals surface area contributed by atoms with E-state index in [0.717, 1.165) is 38.7 Å². The van der Waals surface area contributed by atoms with Crippen LogP contribution in [0.25, 0.3) is 0 Å². The largest absolute Gasteiger partial charge is 0.385 e. The van der Waals surface area contributed by atoms with Crippen LogP contribution in [0.3, 0.4) is 0 Å².